The van der Waals surface area contributed by atoms with E-state index in [1.807, 2.05) is 0 Å². The van der Waals surface area contributed by atoms with E-state index in [9.17, 15) is 12.8 Å². The normalized spacial score (nSPS) is 21.8. The van der Waals surface area contributed by atoms with Crippen LogP contribution >= 0.6 is 0 Å². The van der Waals surface area contributed by atoms with Gasteiger partial charge in [0, 0.05) is 24.2 Å². The molecule has 3 heterocycles. The third-order valence-corrected chi connectivity index (χ3v) is 6.59. The highest BCUT2D eigenvalue weighted by Gasteiger charge is 2.39. The molecule has 2 aliphatic heterocycles. The molecule has 4 rings (SSSR count). The summed E-state index contributed by atoms with van der Waals surface area (Å²) in [6.07, 6.45) is 2.26. The van der Waals surface area contributed by atoms with Crippen LogP contribution in [0.3, 0.4) is 0 Å². The number of nitrogens with one attached hydrogen (secondary N) is 1. The molecule has 1 N–H and O–H groups in total. The van der Waals surface area contributed by atoms with Crippen LogP contribution in [-0.4, -0.2) is 36.1 Å². The third-order valence-electron chi connectivity index (χ3n) is 4.67. The van der Waals surface area contributed by atoms with Gasteiger partial charge in [-0.1, -0.05) is 0 Å². The van der Waals surface area contributed by atoms with Gasteiger partial charge in [-0.25, -0.2) is 12.8 Å². The smallest absolute Gasteiger partial charge is 0.243 e. The van der Waals surface area contributed by atoms with E-state index in [1.165, 1.54) is 28.6 Å². The van der Waals surface area contributed by atoms with Gasteiger partial charge in [-0.3, -0.25) is 5.10 Å². The van der Waals surface area contributed by atoms with E-state index in [1.54, 1.807) is 0 Å². The molecule has 6 nitrogen and oxygen atoms in total. The van der Waals surface area contributed by atoms with Crippen LogP contribution in [0.5, 0.6) is 0 Å². The van der Waals surface area contributed by atoms with Crippen molar-refractivity contribution in [3.63, 3.8) is 0 Å². The number of rotatable bonds is 3. The number of ether oxygens (including phenoxy) is 1. The maximum Gasteiger partial charge on any atom is 0.243 e. The molecule has 1 fully saturated rings. The lowest BCUT2D eigenvalue weighted by atomic mass is 10.0. The average Bonchev–Trinajstić information content (AvgIpc) is 3.22. The predicted octanol–water partition coefficient (Wildman–Crippen LogP) is 2.15. The lowest BCUT2D eigenvalue weighted by Gasteiger charge is -2.24. The molecule has 0 radical (unpaired) electrons. The molecule has 0 bridgehead atoms. The second-order valence-electron chi connectivity index (χ2n) is 6.10. The van der Waals surface area contributed by atoms with Gasteiger partial charge in [-0.05, 0) is 37.1 Å². The first kappa shape index (κ1) is 15.7. The van der Waals surface area contributed by atoms with E-state index in [0.29, 0.717) is 19.8 Å². The summed E-state index contributed by atoms with van der Waals surface area (Å²) in [6.45, 7) is 1.55. The van der Waals surface area contributed by atoms with Gasteiger partial charge < -0.3 is 4.74 Å². The first-order chi connectivity index (χ1) is 11.6. The molecule has 0 spiro atoms. The summed E-state index contributed by atoms with van der Waals surface area (Å²) in [5.74, 6) is -0.453. The minimum atomic E-state index is -3.69. The quantitative estimate of drug-likeness (QED) is 0.919. The molecule has 0 aliphatic carbocycles. The lowest BCUT2D eigenvalue weighted by Crippen LogP contribution is -2.31. The fourth-order valence-electron chi connectivity index (χ4n) is 3.45. The maximum absolute atomic E-state index is 13.1. The first-order valence-electron chi connectivity index (χ1n) is 7.98. The Morgan fingerprint density at radius 3 is 2.88 bits per heavy atom. The second kappa shape index (κ2) is 5.94. The minimum Gasteiger partial charge on any atom is -0.376 e. The SMILES string of the molecule is O=S(=O)(c1ccc(F)cc1)N1CCCC1c1n[nH]c2c1COCC2. The van der Waals surface area contributed by atoms with Crippen LogP contribution in [0.25, 0.3) is 0 Å². The van der Waals surface area contributed by atoms with Crippen molar-refractivity contribution < 1.29 is 17.5 Å². The Bertz CT molecular complexity index is 848. The zero-order chi connectivity index (χ0) is 16.7. The van der Waals surface area contributed by atoms with Gasteiger partial charge in [0.25, 0.3) is 0 Å². The molecule has 24 heavy (non-hydrogen) atoms. The zero-order valence-corrected chi connectivity index (χ0v) is 13.9. The van der Waals surface area contributed by atoms with Crippen molar-refractivity contribution in [2.24, 2.45) is 0 Å². The lowest BCUT2D eigenvalue weighted by molar-refractivity contribution is 0.109. The summed E-state index contributed by atoms with van der Waals surface area (Å²) >= 11 is 0. The number of benzene rings is 1. The average molecular weight is 351 g/mol. The van der Waals surface area contributed by atoms with Gasteiger partial charge in [0.15, 0.2) is 0 Å². The van der Waals surface area contributed by atoms with Crippen molar-refractivity contribution >= 4 is 10.0 Å². The largest absolute Gasteiger partial charge is 0.376 e. The van der Waals surface area contributed by atoms with Crippen LogP contribution in [0.1, 0.15) is 35.8 Å². The molecule has 128 valence electrons. The van der Waals surface area contributed by atoms with E-state index in [0.717, 1.165) is 36.2 Å². The first-order valence-corrected chi connectivity index (χ1v) is 9.42. The van der Waals surface area contributed by atoms with Gasteiger partial charge in [-0.15, -0.1) is 0 Å². The number of aromatic amines is 1. The maximum atomic E-state index is 13.1. The van der Waals surface area contributed by atoms with Crippen LogP contribution in [0.4, 0.5) is 4.39 Å². The van der Waals surface area contributed by atoms with Gasteiger partial charge >= 0.3 is 0 Å². The Morgan fingerprint density at radius 2 is 2.08 bits per heavy atom. The molecular formula is C16H18FN3O3S. The predicted molar refractivity (Wildman–Crippen MR) is 84.2 cm³/mol. The highest BCUT2D eigenvalue weighted by atomic mass is 32.2. The third kappa shape index (κ3) is 2.54. The summed E-state index contributed by atoms with van der Waals surface area (Å²) in [4.78, 5) is 0.108. The summed E-state index contributed by atoms with van der Waals surface area (Å²) in [5.41, 5.74) is 2.77. The molecule has 1 unspecified atom stereocenters. The van der Waals surface area contributed by atoms with Crippen molar-refractivity contribution in [3.8, 4) is 0 Å². The highest BCUT2D eigenvalue weighted by Crippen LogP contribution is 2.38. The van der Waals surface area contributed by atoms with Crippen molar-refractivity contribution in [2.75, 3.05) is 13.2 Å². The van der Waals surface area contributed by atoms with E-state index < -0.39 is 15.8 Å². The standard InChI is InChI=1S/C16H18FN3O3S/c17-11-3-5-12(6-4-11)24(21,22)20-8-1-2-15(20)16-13-10-23-9-7-14(13)18-19-16/h3-6,15H,1-2,7-10H2,(H,18,19). The van der Waals surface area contributed by atoms with Crippen LogP contribution in [0, 0.1) is 5.82 Å². The van der Waals surface area contributed by atoms with E-state index >= 15 is 0 Å². The molecule has 1 atom stereocenters. The van der Waals surface area contributed by atoms with Crippen molar-refractivity contribution in [2.45, 2.75) is 36.8 Å². The number of nitrogens with zero attached hydrogens (tertiary/aromatic N) is 2. The van der Waals surface area contributed by atoms with Gasteiger partial charge in [0.1, 0.15) is 5.82 Å². The van der Waals surface area contributed by atoms with E-state index in [2.05, 4.69) is 10.2 Å². The Balaban J connectivity index is 1.70. The van der Waals surface area contributed by atoms with Crippen LogP contribution in [0.15, 0.2) is 29.2 Å². The Morgan fingerprint density at radius 1 is 1.29 bits per heavy atom. The number of fused-ring (bicyclic) bond motifs is 1. The molecular weight excluding hydrogens is 333 g/mol. The summed E-state index contributed by atoms with van der Waals surface area (Å²) in [5, 5.41) is 7.40. The number of sulfonamides is 1. The summed E-state index contributed by atoms with van der Waals surface area (Å²) in [7, 11) is -3.69. The van der Waals surface area contributed by atoms with Crippen molar-refractivity contribution in [1.82, 2.24) is 14.5 Å². The molecule has 1 aromatic heterocycles. The number of aromatic nitrogens is 2. The fraction of sp³-hybridized carbons (Fsp3) is 0.438. The minimum absolute atomic E-state index is 0.108. The highest BCUT2D eigenvalue weighted by molar-refractivity contribution is 7.89. The van der Waals surface area contributed by atoms with Crippen molar-refractivity contribution in [1.29, 1.82) is 0 Å². The fourth-order valence-corrected chi connectivity index (χ4v) is 5.11. The topological polar surface area (TPSA) is 75.3 Å². The van der Waals surface area contributed by atoms with E-state index in [4.69, 9.17) is 4.74 Å². The van der Waals surface area contributed by atoms with Crippen LogP contribution in [0.2, 0.25) is 0 Å². The Hall–Kier alpha value is -1.77. The second-order valence-corrected chi connectivity index (χ2v) is 7.99. The summed E-state index contributed by atoms with van der Waals surface area (Å²) in [6, 6.07) is 4.65. The molecule has 1 saturated heterocycles. The number of H-pyrrole nitrogens is 1. The monoisotopic (exact) mass is 351 g/mol. The Labute approximate surface area is 139 Å². The molecule has 1 aromatic carbocycles. The number of halogens is 1. The van der Waals surface area contributed by atoms with Gasteiger partial charge in [0.05, 0.1) is 29.8 Å². The van der Waals surface area contributed by atoms with Crippen molar-refractivity contribution in [3.05, 3.63) is 47.0 Å². The molecule has 8 heteroatoms. The number of hydrogen-bond acceptors (Lipinski definition) is 4. The molecule has 0 amide bonds. The van der Waals surface area contributed by atoms with Crippen LogP contribution in [-0.2, 0) is 27.8 Å². The zero-order valence-electron chi connectivity index (χ0n) is 13.0. The number of hydrogen-bond donors (Lipinski definition) is 1. The molecule has 0 saturated carbocycles. The van der Waals surface area contributed by atoms with E-state index in [-0.39, 0.29) is 10.9 Å². The molecule has 2 aliphatic rings. The van der Waals surface area contributed by atoms with Gasteiger partial charge in [0.2, 0.25) is 10.0 Å². The molecule has 2 aromatic rings. The Kier molecular flexibility index (Phi) is 3.90. The van der Waals surface area contributed by atoms with Gasteiger partial charge in [-0.2, -0.15) is 9.40 Å². The van der Waals surface area contributed by atoms with Crippen LogP contribution < -0.4 is 0 Å². The summed E-state index contributed by atoms with van der Waals surface area (Å²) < 4.78 is 46.0.